The van der Waals surface area contributed by atoms with Crippen LogP contribution in [0.4, 0.5) is 5.82 Å². The molecular weight excluding hydrogens is 210 g/mol. The molecule has 80 valence electrons. The molecule has 0 bridgehead atoms. The Morgan fingerprint density at radius 3 is 3.27 bits per heavy atom. The summed E-state index contributed by atoms with van der Waals surface area (Å²) >= 11 is 1.73. The van der Waals surface area contributed by atoms with Crippen LogP contribution in [0.25, 0.3) is 0 Å². The number of rotatable bonds is 2. The van der Waals surface area contributed by atoms with Crippen molar-refractivity contribution in [1.82, 2.24) is 10.3 Å². The number of thioether (sulfide) groups is 1. The highest BCUT2D eigenvalue weighted by atomic mass is 32.2. The van der Waals surface area contributed by atoms with Gasteiger partial charge >= 0.3 is 0 Å². The molecule has 0 radical (unpaired) electrons. The molecule has 1 amide bonds. The maximum atomic E-state index is 11.7. The third kappa shape index (κ3) is 2.70. The van der Waals surface area contributed by atoms with Crippen molar-refractivity contribution in [2.24, 2.45) is 0 Å². The summed E-state index contributed by atoms with van der Waals surface area (Å²) in [5, 5.41) is 5.91. The molecule has 1 fully saturated rings. The van der Waals surface area contributed by atoms with Crippen LogP contribution in [0.1, 0.15) is 5.56 Å². The van der Waals surface area contributed by atoms with Gasteiger partial charge in [0.1, 0.15) is 5.82 Å². The van der Waals surface area contributed by atoms with Crippen LogP contribution in [0.2, 0.25) is 0 Å². The Morgan fingerprint density at radius 2 is 2.60 bits per heavy atom. The largest absolute Gasteiger partial charge is 0.309 e. The molecule has 1 atom stereocenters. The predicted octanol–water partition coefficient (Wildman–Crippen LogP) is 0.991. The number of carbonyl (C=O) groups is 1. The van der Waals surface area contributed by atoms with Gasteiger partial charge in [-0.3, -0.25) is 10.1 Å². The van der Waals surface area contributed by atoms with Gasteiger partial charge in [0, 0.05) is 17.8 Å². The Hall–Kier alpha value is -1.07. The van der Waals surface area contributed by atoms with E-state index in [1.165, 1.54) is 0 Å². The summed E-state index contributed by atoms with van der Waals surface area (Å²) in [5.41, 5.74) is 1.09. The minimum Gasteiger partial charge on any atom is -0.309 e. The van der Waals surface area contributed by atoms with Crippen LogP contribution >= 0.6 is 11.8 Å². The van der Waals surface area contributed by atoms with E-state index < -0.39 is 0 Å². The van der Waals surface area contributed by atoms with Crippen LogP contribution in [0.15, 0.2) is 18.3 Å². The van der Waals surface area contributed by atoms with Crippen molar-refractivity contribution in [2.75, 3.05) is 16.9 Å². The topological polar surface area (TPSA) is 54.0 Å². The molecule has 1 aromatic rings. The van der Waals surface area contributed by atoms with Crippen LogP contribution in [0.5, 0.6) is 0 Å². The molecule has 0 aromatic carbocycles. The Labute approximate surface area is 92.9 Å². The average Bonchev–Trinajstić information content (AvgIpc) is 2.70. The molecule has 1 aliphatic rings. The Balaban J connectivity index is 1.99. The zero-order valence-corrected chi connectivity index (χ0v) is 9.30. The number of nitrogens with one attached hydrogen (secondary N) is 2. The van der Waals surface area contributed by atoms with Gasteiger partial charge in [-0.25, -0.2) is 4.98 Å². The lowest BCUT2D eigenvalue weighted by Gasteiger charge is -2.09. The second kappa shape index (κ2) is 4.63. The third-order valence-electron chi connectivity index (χ3n) is 2.20. The van der Waals surface area contributed by atoms with E-state index in [0.29, 0.717) is 5.82 Å². The summed E-state index contributed by atoms with van der Waals surface area (Å²) in [4.78, 5) is 15.8. The summed E-state index contributed by atoms with van der Waals surface area (Å²) in [5.74, 6) is 2.30. The average molecular weight is 223 g/mol. The quantitative estimate of drug-likeness (QED) is 0.785. The van der Waals surface area contributed by atoms with Gasteiger partial charge in [0.05, 0.1) is 6.04 Å². The number of aromatic nitrogens is 1. The summed E-state index contributed by atoms with van der Waals surface area (Å²) in [6, 6.07) is 3.68. The molecule has 1 saturated heterocycles. The van der Waals surface area contributed by atoms with Gasteiger partial charge in [-0.2, -0.15) is 0 Å². The third-order valence-corrected chi connectivity index (χ3v) is 3.14. The van der Waals surface area contributed by atoms with E-state index in [-0.39, 0.29) is 11.9 Å². The van der Waals surface area contributed by atoms with Crippen LogP contribution < -0.4 is 10.6 Å². The fourth-order valence-electron chi connectivity index (χ4n) is 1.38. The minimum absolute atomic E-state index is 0.00176. The summed E-state index contributed by atoms with van der Waals surface area (Å²) in [6.07, 6.45) is 1.70. The van der Waals surface area contributed by atoms with Crippen molar-refractivity contribution in [3.8, 4) is 0 Å². The molecule has 1 aliphatic heterocycles. The zero-order chi connectivity index (χ0) is 10.7. The molecule has 2 N–H and O–H groups in total. The predicted molar refractivity (Wildman–Crippen MR) is 61.9 cm³/mol. The summed E-state index contributed by atoms with van der Waals surface area (Å²) < 4.78 is 0. The maximum absolute atomic E-state index is 11.7. The molecule has 15 heavy (non-hydrogen) atoms. The van der Waals surface area contributed by atoms with Crippen LogP contribution in [0, 0.1) is 6.92 Å². The van der Waals surface area contributed by atoms with Crippen molar-refractivity contribution in [3.63, 3.8) is 0 Å². The second-order valence-electron chi connectivity index (χ2n) is 3.48. The summed E-state index contributed by atoms with van der Waals surface area (Å²) in [6.45, 7) is 1.97. The number of amides is 1. The zero-order valence-electron chi connectivity index (χ0n) is 8.49. The standard InChI is InChI=1S/C10H13N3OS/c1-7-2-3-11-9(4-7)13-10(14)8-5-15-6-12-8/h2-4,8,12H,5-6H2,1H3,(H,11,13,14). The molecular formula is C10H13N3OS. The lowest BCUT2D eigenvalue weighted by atomic mass is 10.3. The van der Waals surface area contributed by atoms with E-state index in [2.05, 4.69) is 15.6 Å². The first kappa shape index (κ1) is 10.4. The van der Waals surface area contributed by atoms with Crippen molar-refractivity contribution in [2.45, 2.75) is 13.0 Å². The molecule has 0 aliphatic carbocycles. The molecule has 1 aromatic heterocycles. The Morgan fingerprint density at radius 1 is 1.73 bits per heavy atom. The number of hydrogen-bond acceptors (Lipinski definition) is 4. The van der Waals surface area contributed by atoms with Crippen molar-refractivity contribution < 1.29 is 4.79 Å². The van der Waals surface area contributed by atoms with E-state index >= 15 is 0 Å². The molecule has 0 spiro atoms. The van der Waals surface area contributed by atoms with Gasteiger partial charge < -0.3 is 5.32 Å². The first-order chi connectivity index (χ1) is 7.25. The molecule has 4 nitrogen and oxygen atoms in total. The molecule has 5 heteroatoms. The maximum Gasteiger partial charge on any atom is 0.243 e. The lowest BCUT2D eigenvalue weighted by molar-refractivity contribution is -0.117. The smallest absolute Gasteiger partial charge is 0.243 e. The summed E-state index contributed by atoms with van der Waals surface area (Å²) in [7, 11) is 0. The van der Waals surface area contributed by atoms with Crippen molar-refractivity contribution >= 4 is 23.5 Å². The Kier molecular flexibility index (Phi) is 3.23. The fraction of sp³-hybridized carbons (Fsp3) is 0.400. The van der Waals surface area contributed by atoms with E-state index in [1.807, 2.05) is 19.1 Å². The van der Waals surface area contributed by atoms with Crippen LogP contribution in [0.3, 0.4) is 0 Å². The van der Waals surface area contributed by atoms with Crippen molar-refractivity contribution in [1.29, 1.82) is 0 Å². The highest BCUT2D eigenvalue weighted by molar-refractivity contribution is 7.99. The van der Waals surface area contributed by atoms with Gasteiger partial charge in [0.2, 0.25) is 5.91 Å². The van der Waals surface area contributed by atoms with Crippen LogP contribution in [-0.2, 0) is 4.79 Å². The SMILES string of the molecule is Cc1ccnc(NC(=O)C2CSCN2)c1. The Bertz CT molecular complexity index is 363. The van der Waals surface area contributed by atoms with Gasteiger partial charge in [0.25, 0.3) is 0 Å². The number of carbonyl (C=O) groups excluding carboxylic acids is 1. The first-order valence-corrected chi connectivity index (χ1v) is 5.96. The highest BCUT2D eigenvalue weighted by Crippen LogP contribution is 2.12. The molecule has 2 heterocycles. The minimum atomic E-state index is -0.0858. The fourth-order valence-corrected chi connectivity index (χ4v) is 2.32. The molecule has 1 unspecified atom stereocenters. The number of aryl methyl sites for hydroxylation is 1. The molecule has 2 rings (SSSR count). The van der Waals surface area contributed by atoms with E-state index in [1.54, 1.807) is 18.0 Å². The van der Waals surface area contributed by atoms with Gasteiger partial charge in [-0.15, -0.1) is 11.8 Å². The lowest BCUT2D eigenvalue weighted by Crippen LogP contribution is -2.37. The van der Waals surface area contributed by atoms with Crippen LogP contribution in [-0.4, -0.2) is 28.6 Å². The highest BCUT2D eigenvalue weighted by Gasteiger charge is 2.22. The molecule has 0 saturated carbocycles. The second-order valence-corrected chi connectivity index (χ2v) is 4.51. The van der Waals surface area contributed by atoms with Gasteiger partial charge in [-0.1, -0.05) is 0 Å². The van der Waals surface area contributed by atoms with Gasteiger partial charge in [0.15, 0.2) is 0 Å². The van der Waals surface area contributed by atoms with E-state index in [9.17, 15) is 4.79 Å². The van der Waals surface area contributed by atoms with Crippen molar-refractivity contribution in [3.05, 3.63) is 23.9 Å². The number of pyridine rings is 1. The van der Waals surface area contributed by atoms with Gasteiger partial charge in [-0.05, 0) is 24.6 Å². The first-order valence-electron chi connectivity index (χ1n) is 4.80. The monoisotopic (exact) mass is 223 g/mol. The number of hydrogen-bond donors (Lipinski definition) is 2. The number of anilines is 1. The van der Waals surface area contributed by atoms with E-state index in [0.717, 1.165) is 17.2 Å². The number of nitrogens with zero attached hydrogens (tertiary/aromatic N) is 1. The normalized spacial score (nSPS) is 20.2. The van der Waals surface area contributed by atoms with E-state index in [4.69, 9.17) is 0 Å².